The Bertz CT molecular complexity index is 1190. The normalized spacial score (nSPS) is 16.2. The van der Waals surface area contributed by atoms with Crippen molar-refractivity contribution >= 4 is 58.2 Å². The molecule has 1 aliphatic heterocycles. The van der Waals surface area contributed by atoms with Crippen molar-refractivity contribution in [1.82, 2.24) is 0 Å². The number of thioether (sulfide) groups is 1. The molecule has 1 atom stereocenters. The summed E-state index contributed by atoms with van der Waals surface area (Å²) in [4.78, 5) is 27.1. The van der Waals surface area contributed by atoms with Crippen LogP contribution in [0.1, 0.15) is 47.6 Å². The molecule has 0 saturated carbocycles. The maximum Gasteiger partial charge on any atom is 0.257 e. The topological polar surface area (TPSA) is 49.4 Å². The lowest BCUT2D eigenvalue weighted by atomic mass is 9.87. The van der Waals surface area contributed by atoms with Crippen LogP contribution in [0.4, 0.5) is 11.4 Å². The minimum absolute atomic E-state index is 0.0538. The van der Waals surface area contributed by atoms with Crippen LogP contribution in [0.25, 0.3) is 0 Å². The molecule has 1 saturated heterocycles. The zero-order valence-electron chi connectivity index (χ0n) is 18.6. The molecule has 2 amide bonds. The number of carbonyl (C=O) groups is 2. The van der Waals surface area contributed by atoms with Gasteiger partial charge in [0.1, 0.15) is 5.37 Å². The van der Waals surface area contributed by atoms with Gasteiger partial charge in [0, 0.05) is 16.4 Å². The second-order valence-corrected chi connectivity index (χ2v) is 10.8. The predicted octanol–water partition coefficient (Wildman–Crippen LogP) is 7.32. The van der Waals surface area contributed by atoms with Crippen molar-refractivity contribution in [2.24, 2.45) is 0 Å². The van der Waals surface area contributed by atoms with Gasteiger partial charge in [0.2, 0.25) is 5.91 Å². The summed E-state index contributed by atoms with van der Waals surface area (Å²) in [7, 11) is 0. The summed E-state index contributed by atoms with van der Waals surface area (Å²) in [6.45, 7) is 6.51. The van der Waals surface area contributed by atoms with E-state index in [9.17, 15) is 9.59 Å². The van der Waals surface area contributed by atoms with Gasteiger partial charge in [-0.25, -0.2) is 0 Å². The molecule has 4 nitrogen and oxygen atoms in total. The van der Waals surface area contributed by atoms with Crippen molar-refractivity contribution in [2.75, 3.05) is 16.0 Å². The highest BCUT2D eigenvalue weighted by molar-refractivity contribution is 8.00. The van der Waals surface area contributed by atoms with Crippen LogP contribution in [0, 0.1) is 0 Å². The first-order chi connectivity index (χ1) is 15.6. The van der Waals surface area contributed by atoms with Crippen LogP contribution in [0.5, 0.6) is 0 Å². The van der Waals surface area contributed by atoms with E-state index >= 15 is 0 Å². The molecule has 1 N–H and O–H groups in total. The molecule has 3 aromatic carbocycles. The number of benzene rings is 3. The molecule has 0 aliphatic carbocycles. The predicted molar refractivity (Wildman–Crippen MR) is 139 cm³/mol. The van der Waals surface area contributed by atoms with Gasteiger partial charge < -0.3 is 5.32 Å². The van der Waals surface area contributed by atoms with E-state index in [1.165, 1.54) is 11.6 Å². The smallest absolute Gasteiger partial charge is 0.257 e. The third kappa shape index (κ3) is 5.21. The van der Waals surface area contributed by atoms with Crippen LogP contribution < -0.4 is 10.2 Å². The molecule has 7 heteroatoms. The standard InChI is InChI=1S/C26H24Cl2N2O2S/c1-26(2,3)17-6-11-20(12-7-17)30-23(31)15-33-25(30)16-4-9-19(10-5-16)29-24(32)21-13-8-18(27)14-22(21)28/h4-14,25H,15H2,1-3H3,(H,29,32). The number of anilines is 2. The number of hydrogen-bond donors (Lipinski definition) is 1. The molecule has 33 heavy (non-hydrogen) atoms. The van der Waals surface area contributed by atoms with E-state index < -0.39 is 0 Å². The highest BCUT2D eigenvalue weighted by Gasteiger charge is 2.34. The lowest BCUT2D eigenvalue weighted by molar-refractivity contribution is -0.115. The molecule has 1 unspecified atom stereocenters. The van der Waals surface area contributed by atoms with E-state index in [1.807, 2.05) is 41.3 Å². The Kier molecular flexibility index (Phi) is 6.76. The number of halogens is 2. The summed E-state index contributed by atoms with van der Waals surface area (Å²) in [5.74, 6) is 0.206. The van der Waals surface area contributed by atoms with Gasteiger partial charge in [-0.1, -0.05) is 68.2 Å². The Morgan fingerprint density at radius 3 is 2.27 bits per heavy atom. The van der Waals surface area contributed by atoms with Crippen molar-refractivity contribution < 1.29 is 9.59 Å². The van der Waals surface area contributed by atoms with Gasteiger partial charge in [0.05, 0.1) is 16.3 Å². The van der Waals surface area contributed by atoms with E-state index in [0.29, 0.717) is 27.0 Å². The Morgan fingerprint density at radius 1 is 1.00 bits per heavy atom. The van der Waals surface area contributed by atoms with Crippen LogP contribution in [0.3, 0.4) is 0 Å². The lowest BCUT2D eigenvalue weighted by Gasteiger charge is -2.26. The highest BCUT2D eigenvalue weighted by Crippen LogP contribution is 2.42. The highest BCUT2D eigenvalue weighted by atomic mass is 35.5. The number of carbonyl (C=O) groups excluding carboxylic acids is 2. The molecule has 3 aromatic rings. The SMILES string of the molecule is CC(C)(C)c1ccc(N2C(=O)CSC2c2ccc(NC(=O)c3ccc(Cl)cc3Cl)cc2)cc1. The Balaban J connectivity index is 1.51. The minimum atomic E-state index is -0.310. The molecule has 4 rings (SSSR count). The second kappa shape index (κ2) is 9.41. The third-order valence-corrected chi connectivity index (χ3v) is 7.27. The quantitative estimate of drug-likeness (QED) is 0.409. The first-order valence-electron chi connectivity index (χ1n) is 10.5. The number of nitrogens with one attached hydrogen (secondary N) is 1. The molecule has 1 fully saturated rings. The van der Waals surface area contributed by atoms with Crippen LogP contribution >= 0.6 is 35.0 Å². The molecule has 1 aliphatic rings. The van der Waals surface area contributed by atoms with Gasteiger partial charge in [-0.2, -0.15) is 0 Å². The lowest BCUT2D eigenvalue weighted by Crippen LogP contribution is -2.28. The molecule has 0 spiro atoms. The fourth-order valence-electron chi connectivity index (χ4n) is 3.67. The zero-order valence-corrected chi connectivity index (χ0v) is 20.9. The number of amides is 2. The number of nitrogens with zero attached hydrogens (tertiary/aromatic N) is 1. The monoisotopic (exact) mass is 498 g/mol. The largest absolute Gasteiger partial charge is 0.322 e. The fourth-order valence-corrected chi connectivity index (χ4v) is 5.35. The van der Waals surface area contributed by atoms with Gasteiger partial charge in [0.25, 0.3) is 5.91 Å². The van der Waals surface area contributed by atoms with E-state index in [2.05, 4.69) is 38.2 Å². The number of hydrogen-bond acceptors (Lipinski definition) is 3. The van der Waals surface area contributed by atoms with Crippen molar-refractivity contribution in [3.8, 4) is 0 Å². The summed E-state index contributed by atoms with van der Waals surface area (Å²) >= 11 is 13.6. The molecular weight excluding hydrogens is 475 g/mol. The second-order valence-electron chi connectivity index (χ2n) is 8.92. The first kappa shape index (κ1) is 23.7. The maximum atomic E-state index is 12.7. The molecule has 0 bridgehead atoms. The van der Waals surface area contributed by atoms with E-state index in [-0.39, 0.29) is 22.6 Å². The van der Waals surface area contributed by atoms with Gasteiger partial charge in [-0.05, 0) is 59.0 Å². The van der Waals surface area contributed by atoms with E-state index in [1.54, 1.807) is 23.9 Å². The van der Waals surface area contributed by atoms with Crippen LogP contribution in [-0.4, -0.2) is 17.6 Å². The van der Waals surface area contributed by atoms with Gasteiger partial charge >= 0.3 is 0 Å². The third-order valence-electron chi connectivity index (χ3n) is 5.51. The van der Waals surface area contributed by atoms with E-state index in [4.69, 9.17) is 23.2 Å². The average molecular weight is 499 g/mol. The summed E-state index contributed by atoms with van der Waals surface area (Å²) in [5, 5.41) is 3.51. The zero-order chi connectivity index (χ0) is 23.8. The molecular formula is C26H24Cl2N2O2S. The van der Waals surface area contributed by atoms with Crippen molar-refractivity contribution in [1.29, 1.82) is 0 Å². The van der Waals surface area contributed by atoms with Gasteiger partial charge in [0.15, 0.2) is 0 Å². The van der Waals surface area contributed by atoms with Crippen molar-refractivity contribution in [3.05, 3.63) is 93.5 Å². The Hall–Kier alpha value is -2.47. The summed E-state index contributed by atoms with van der Waals surface area (Å²) in [6.07, 6.45) is 0. The molecule has 0 aromatic heterocycles. The fraction of sp³-hybridized carbons (Fsp3) is 0.231. The molecule has 170 valence electrons. The van der Waals surface area contributed by atoms with Gasteiger partial charge in [-0.3, -0.25) is 14.5 Å². The average Bonchev–Trinajstić information content (AvgIpc) is 3.15. The van der Waals surface area contributed by atoms with Crippen LogP contribution in [0.15, 0.2) is 66.7 Å². The van der Waals surface area contributed by atoms with Crippen molar-refractivity contribution in [2.45, 2.75) is 31.6 Å². The van der Waals surface area contributed by atoms with E-state index in [0.717, 1.165) is 11.3 Å². The Labute approximate surface area is 208 Å². The number of rotatable bonds is 4. The molecule has 1 heterocycles. The van der Waals surface area contributed by atoms with Gasteiger partial charge in [-0.15, -0.1) is 11.8 Å². The maximum absolute atomic E-state index is 12.7. The summed E-state index contributed by atoms with van der Waals surface area (Å²) < 4.78 is 0. The Morgan fingerprint density at radius 2 is 1.67 bits per heavy atom. The van der Waals surface area contributed by atoms with Crippen molar-refractivity contribution in [3.63, 3.8) is 0 Å². The van der Waals surface area contributed by atoms with Crippen LogP contribution in [-0.2, 0) is 10.2 Å². The van der Waals surface area contributed by atoms with Crippen LogP contribution in [0.2, 0.25) is 10.0 Å². The summed E-state index contributed by atoms with van der Waals surface area (Å²) in [5.41, 5.74) is 4.16. The summed E-state index contributed by atoms with van der Waals surface area (Å²) in [6, 6.07) is 20.5. The minimum Gasteiger partial charge on any atom is -0.322 e. The molecule has 0 radical (unpaired) electrons. The first-order valence-corrected chi connectivity index (χ1v) is 12.3.